The highest BCUT2D eigenvalue weighted by Crippen LogP contribution is 2.41. The number of hydrogen-bond donors (Lipinski definition) is 1. The van der Waals surface area contributed by atoms with E-state index >= 15 is 0 Å². The molecule has 0 spiro atoms. The van der Waals surface area contributed by atoms with Crippen molar-refractivity contribution in [3.63, 3.8) is 0 Å². The number of rotatable bonds is 9. The lowest BCUT2D eigenvalue weighted by atomic mass is 9.78. The zero-order chi connectivity index (χ0) is 23.3. The fraction of sp³-hybridized carbons (Fsp3) is 0.741. The van der Waals surface area contributed by atoms with Crippen LogP contribution >= 0.6 is 0 Å². The molecule has 0 saturated heterocycles. The van der Waals surface area contributed by atoms with Crippen molar-refractivity contribution < 1.29 is 14.6 Å². The number of carbonyl (C=O) groups is 1. The van der Waals surface area contributed by atoms with Gasteiger partial charge in [0.15, 0.2) is 0 Å². The molecule has 1 rings (SSSR count). The van der Waals surface area contributed by atoms with E-state index in [-0.39, 0.29) is 16.8 Å². The van der Waals surface area contributed by atoms with Gasteiger partial charge in [-0.3, -0.25) is 4.79 Å². The molecule has 1 aromatic rings. The molecule has 1 aromatic carbocycles. The summed E-state index contributed by atoms with van der Waals surface area (Å²) in [4.78, 5) is 11.8. The molecule has 0 aliphatic rings. The lowest BCUT2D eigenvalue weighted by Gasteiger charge is -2.30. The van der Waals surface area contributed by atoms with Crippen LogP contribution in [0.2, 0.25) is 0 Å². The molecule has 1 N–H and O–H groups in total. The van der Waals surface area contributed by atoms with E-state index in [1.807, 2.05) is 13.8 Å². The van der Waals surface area contributed by atoms with Gasteiger partial charge in [-0.25, -0.2) is 0 Å². The summed E-state index contributed by atoms with van der Waals surface area (Å²) in [5, 5.41) is 9.88. The molecule has 1 atom stereocenters. The summed E-state index contributed by atoms with van der Waals surface area (Å²) < 4.78 is 5.74. The molecule has 0 heterocycles. The monoisotopic (exact) mass is 418 g/mol. The Morgan fingerprint density at radius 2 is 1.40 bits per heavy atom. The molecule has 0 aliphatic heterocycles. The molecule has 30 heavy (non-hydrogen) atoms. The first-order valence-corrected chi connectivity index (χ1v) is 11.6. The van der Waals surface area contributed by atoms with Crippen LogP contribution in [0.15, 0.2) is 12.1 Å². The molecule has 172 valence electrons. The third kappa shape index (κ3) is 9.20. The third-order valence-electron chi connectivity index (χ3n) is 5.66. The van der Waals surface area contributed by atoms with Crippen molar-refractivity contribution in [2.45, 2.75) is 124 Å². The van der Waals surface area contributed by atoms with Crippen LogP contribution in [0.1, 0.15) is 118 Å². The van der Waals surface area contributed by atoms with Gasteiger partial charge in [0.25, 0.3) is 0 Å². The van der Waals surface area contributed by atoms with Gasteiger partial charge in [0.2, 0.25) is 0 Å². The normalized spacial score (nSPS) is 14.0. The van der Waals surface area contributed by atoms with Crippen molar-refractivity contribution in [2.75, 3.05) is 0 Å². The first kappa shape index (κ1) is 26.7. The van der Waals surface area contributed by atoms with E-state index in [1.165, 1.54) is 18.9 Å². The number of esters is 1. The first-order chi connectivity index (χ1) is 13.5. The molecule has 0 saturated carbocycles. The number of ether oxygens (including phenoxy) is 1. The Morgan fingerprint density at radius 3 is 1.80 bits per heavy atom. The Hall–Kier alpha value is -1.35. The van der Waals surface area contributed by atoms with E-state index < -0.39 is 5.60 Å². The Bertz CT molecular complexity index is 661. The summed E-state index contributed by atoms with van der Waals surface area (Å²) in [6, 6.07) is 4.49. The second-order valence-electron chi connectivity index (χ2n) is 11.8. The first-order valence-electron chi connectivity index (χ1n) is 11.6. The predicted molar refractivity (Wildman–Crippen MR) is 127 cm³/mol. The predicted octanol–water partition coefficient (Wildman–Crippen LogP) is 7.11. The van der Waals surface area contributed by atoms with E-state index in [9.17, 15) is 9.90 Å². The smallest absolute Gasteiger partial charge is 0.308 e. The lowest BCUT2D eigenvalue weighted by Crippen LogP contribution is -2.21. The maximum Gasteiger partial charge on any atom is 0.308 e. The van der Waals surface area contributed by atoms with Crippen molar-refractivity contribution in [3.05, 3.63) is 28.8 Å². The van der Waals surface area contributed by atoms with Crippen LogP contribution in [0.3, 0.4) is 0 Å². The van der Waals surface area contributed by atoms with Crippen molar-refractivity contribution in [3.8, 4) is 5.75 Å². The Labute approximate surface area is 185 Å². The molecule has 1 unspecified atom stereocenters. The Morgan fingerprint density at radius 1 is 0.933 bits per heavy atom. The van der Waals surface area contributed by atoms with Gasteiger partial charge in [0, 0.05) is 18.1 Å². The molecule has 3 nitrogen and oxygen atoms in total. The number of hydrogen-bond acceptors (Lipinski definition) is 3. The molecule has 0 fully saturated rings. The minimum absolute atomic E-state index is 0.106. The highest BCUT2D eigenvalue weighted by Gasteiger charge is 2.28. The Balaban J connectivity index is 2.99. The van der Waals surface area contributed by atoms with Gasteiger partial charge < -0.3 is 9.84 Å². The zero-order valence-corrected chi connectivity index (χ0v) is 21.2. The summed E-state index contributed by atoms with van der Waals surface area (Å²) in [5.74, 6) is 1.14. The van der Waals surface area contributed by atoms with Crippen LogP contribution in [0, 0.1) is 5.92 Å². The molecule has 0 aliphatic carbocycles. The van der Waals surface area contributed by atoms with Crippen molar-refractivity contribution in [2.24, 2.45) is 5.92 Å². The zero-order valence-electron chi connectivity index (χ0n) is 21.2. The van der Waals surface area contributed by atoms with Crippen LogP contribution in [-0.2, 0) is 22.0 Å². The summed E-state index contributed by atoms with van der Waals surface area (Å²) in [6.07, 6.45) is 6.46. The van der Waals surface area contributed by atoms with Gasteiger partial charge in [-0.15, -0.1) is 0 Å². The van der Waals surface area contributed by atoms with Gasteiger partial charge in [-0.1, -0.05) is 79.9 Å². The van der Waals surface area contributed by atoms with Crippen LogP contribution in [0.5, 0.6) is 5.75 Å². The van der Waals surface area contributed by atoms with Crippen LogP contribution < -0.4 is 4.74 Å². The van der Waals surface area contributed by atoms with Crippen molar-refractivity contribution in [1.29, 1.82) is 0 Å². The molecule has 0 amide bonds. The fourth-order valence-corrected chi connectivity index (χ4v) is 3.88. The molecule has 0 aromatic heterocycles. The van der Waals surface area contributed by atoms with Gasteiger partial charge in [-0.2, -0.15) is 0 Å². The molecular weight excluding hydrogens is 372 g/mol. The van der Waals surface area contributed by atoms with Gasteiger partial charge in [0.05, 0.1) is 5.60 Å². The van der Waals surface area contributed by atoms with Crippen LogP contribution in [-0.4, -0.2) is 16.7 Å². The Kier molecular flexibility index (Phi) is 9.17. The molecule has 0 bridgehead atoms. The van der Waals surface area contributed by atoms with Crippen LogP contribution in [0.25, 0.3) is 0 Å². The van der Waals surface area contributed by atoms with Crippen LogP contribution in [0.4, 0.5) is 0 Å². The molecule has 0 radical (unpaired) electrons. The standard InChI is InChI=1S/C27H46O3/c1-19(14-12-16-27(9,10)29)13-11-15-21-17-22(25(3,4)5)24(30-20(2)28)23(18-21)26(6,7)8/h17-19,29H,11-16H2,1-10H3. The summed E-state index contributed by atoms with van der Waals surface area (Å²) in [6.45, 7) is 20.6. The second kappa shape index (κ2) is 10.3. The maximum absolute atomic E-state index is 11.8. The van der Waals surface area contributed by atoms with E-state index in [4.69, 9.17) is 4.74 Å². The maximum atomic E-state index is 11.8. The molecular formula is C27H46O3. The minimum atomic E-state index is -0.559. The fourth-order valence-electron chi connectivity index (χ4n) is 3.88. The molecule has 3 heteroatoms. The van der Waals surface area contributed by atoms with Gasteiger partial charge in [0.1, 0.15) is 5.75 Å². The number of benzene rings is 1. The third-order valence-corrected chi connectivity index (χ3v) is 5.66. The highest BCUT2D eigenvalue weighted by atomic mass is 16.5. The second-order valence-corrected chi connectivity index (χ2v) is 11.8. The summed E-state index contributed by atoms with van der Waals surface area (Å²) in [5.41, 5.74) is 2.77. The summed E-state index contributed by atoms with van der Waals surface area (Å²) in [7, 11) is 0. The van der Waals surface area contributed by atoms with Crippen molar-refractivity contribution >= 4 is 5.97 Å². The van der Waals surface area contributed by atoms with E-state index in [0.717, 1.165) is 49.0 Å². The van der Waals surface area contributed by atoms with Gasteiger partial charge >= 0.3 is 5.97 Å². The SMILES string of the molecule is CC(=O)Oc1c(C(C)(C)C)cc(CCCC(C)CCCC(C)(C)O)cc1C(C)(C)C. The quantitative estimate of drug-likeness (QED) is 0.343. The average molecular weight is 419 g/mol. The van der Waals surface area contributed by atoms with E-state index in [0.29, 0.717) is 5.92 Å². The van der Waals surface area contributed by atoms with E-state index in [1.54, 1.807) is 0 Å². The highest BCUT2D eigenvalue weighted by molar-refractivity contribution is 5.71. The topological polar surface area (TPSA) is 46.5 Å². The average Bonchev–Trinajstić information content (AvgIpc) is 2.52. The lowest BCUT2D eigenvalue weighted by molar-refractivity contribution is -0.132. The van der Waals surface area contributed by atoms with Gasteiger partial charge in [-0.05, 0) is 55.4 Å². The van der Waals surface area contributed by atoms with Crippen molar-refractivity contribution in [1.82, 2.24) is 0 Å². The number of carbonyl (C=O) groups excluding carboxylic acids is 1. The largest absolute Gasteiger partial charge is 0.426 e. The minimum Gasteiger partial charge on any atom is -0.426 e. The van der Waals surface area contributed by atoms with E-state index in [2.05, 4.69) is 60.6 Å². The number of aryl methyl sites for hydroxylation is 1. The summed E-state index contributed by atoms with van der Waals surface area (Å²) >= 11 is 0. The number of aliphatic hydroxyl groups is 1.